The molecule has 31 heavy (non-hydrogen) atoms. The van der Waals surface area contributed by atoms with Crippen LogP contribution in [-0.2, 0) is 17.8 Å². The molecule has 158 valence electrons. The highest BCUT2D eigenvalue weighted by Gasteiger charge is 2.20. The van der Waals surface area contributed by atoms with E-state index in [-0.39, 0.29) is 18.2 Å². The van der Waals surface area contributed by atoms with Gasteiger partial charge in [-0.25, -0.2) is 4.98 Å². The van der Waals surface area contributed by atoms with Crippen LogP contribution in [-0.4, -0.2) is 16.8 Å². The van der Waals surface area contributed by atoms with Crippen LogP contribution in [0.25, 0.3) is 0 Å². The highest BCUT2D eigenvalue weighted by molar-refractivity contribution is 7.14. The van der Waals surface area contributed by atoms with Crippen LogP contribution in [0.5, 0.6) is 0 Å². The van der Waals surface area contributed by atoms with Crippen LogP contribution in [0.15, 0.2) is 69.2 Å². The number of rotatable bonds is 7. The number of thiazole rings is 1. The molecule has 3 aromatic heterocycles. The van der Waals surface area contributed by atoms with E-state index in [0.717, 1.165) is 11.3 Å². The summed E-state index contributed by atoms with van der Waals surface area (Å²) in [6.07, 6.45) is 3.16. The molecule has 0 fully saturated rings. The first-order chi connectivity index (χ1) is 15.0. The fourth-order valence-corrected chi connectivity index (χ4v) is 3.79. The topological polar surface area (TPSA) is 88.6 Å². The minimum Gasteiger partial charge on any atom is -0.469 e. The molecule has 0 saturated heterocycles. The molecule has 4 aromatic rings. The predicted molar refractivity (Wildman–Crippen MR) is 118 cm³/mol. The van der Waals surface area contributed by atoms with Gasteiger partial charge < -0.3 is 13.7 Å². The lowest BCUT2D eigenvalue weighted by Crippen LogP contribution is -2.31. The summed E-state index contributed by atoms with van der Waals surface area (Å²) in [6.45, 7) is 4.04. The minimum atomic E-state index is -0.294. The summed E-state index contributed by atoms with van der Waals surface area (Å²) < 4.78 is 10.6. The Balaban J connectivity index is 1.47. The number of hydrogen-bond donors (Lipinski definition) is 1. The Bertz CT molecular complexity index is 1180. The second-order valence-corrected chi connectivity index (χ2v) is 7.92. The molecule has 2 amide bonds. The number of hydrogen-bond acceptors (Lipinski definition) is 6. The van der Waals surface area contributed by atoms with Crippen molar-refractivity contribution in [1.29, 1.82) is 0 Å². The zero-order chi connectivity index (χ0) is 21.8. The van der Waals surface area contributed by atoms with Crippen LogP contribution in [0.3, 0.4) is 0 Å². The smallest absolute Gasteiger partial charge is 0.260 e. The predicted octanol–water partition coefficient (Wildman–Crippen LogP) is 4.97. The van der Waals surface area contributed by atoms with Crippen molar-refractivity contribution < 1.29 is 18.4 Å². The normalized spacial score (nSPS) is 10.8. The summed E-state index contributed by atoms with van der Waals surface area (Å²) in [6, 6.07) is 13.0. The molecule has 3 heterocycles. The molecule has 0 radical (unpaired) electrons. The Labute approximate surface area is 183 Å². The van der Waals surface area contributed by atoms with Crippen molar-refractivity contribution in [2.75, 3.05) is 10.2 Å². The van der Waals surface area contributed by atoms with Gasteiger partial charge in [0.2, 0.25) is 5.91 Å². The molecule has 0 unspecified atom stereocenters. The monoisotopic (exact) mass is 435 g/mol. The van der Waals surface area contributed by atoms with Crippen molar-refractivity contribution in [3.63, 3.8) is 0 Å². The van der Waals surface area contributed by atoms with E-state index in [1.165, 1.54) is 17.6 Å². The Hall–Kier alpha value is -3.65. The van der Waals surface area contributed by atoms with Gasteiger partial charge in [0.25, 0.3) is 5.91 Å². The molecule has 0 spiro atoms. The first-order valence-corrected chi connectivity index (χ1v) is 10.6. The molecular formula is C23H21N3O4S. The Kier molecular flexibility index (Phi) is 5.99. The van der Waals surface area contributed by atoms with Crippen LogP contribution < -0.4 is 10.2 Å². The number of benzene rings is 1. The molecule has 0 bridgehead atoms. The summed E-state index contributed by atoms with van der Waals surface area (Å²) in [7, 11) is 0. The molecule has 0 aliphatic rings. The zero-order valence-electron chi connectivity index (χ0n) is 17.1. The fraction of sp³-hybridized carbons (Fsp3) is 0.174. The van der Waals surface area contributed by atoms with E-state index in [0.29, 0.717) is 34.5 Å². The van der Waals surface area contributed by atoms with Crippen molar-refractivity contribution in [3.8, 4) is 0 Å². The third-order valence-corrected chi connectivity index (χ3v) is 5.56. The number of anilines is 2. The van der Waals surface area contributed by atoms with Gasteiger partial charge in [0.05, 0.1) is 36.7 Å². The second-order valence-electron chi connectivity index (χ2n) is 7.06. The van der Waals surface area contributed by atoms with E-state index >= 15 is 0 Å². The molecule has 1 N–H and O–H groups in total. The van der Waals surface area contributed by atoms with Gasteiger partial charge in [0.1, 0.15) is 11.5 Å². The van der Waals surface area contributed by atoms with E-state index in [1.54, 1.807) is 35.6 Å². The van der Waals surface area contributed by atoms with Crippen molar-refractivity contribution in [2.24, 2.45) is 0 Å². The second kappa shape index (κ2) is 9.01. The first kappa shape index (κ1) is 20.6. The lowest BCUT2D eigenvalue weighted by molar-refractivity contribution is -0.118. The molecule has 7 nitrogen and oxygen atoms in total. The van der Waals surface area contributed by atoms with Gasteiger partial charge in [0.15, 0.2) is 5.13 Å². The molecule has 0 atom stereocenters. The number of nitrogens with one attached hydrogen (secondary N) is 1. The number of furan rings is 2. The molecule has 1 aromatic carbocycles. The number of carbonyl (C=O) groups is 2. The molecule has 0 aliphatic heterocycles. The Morgan fingerprint density at radius 3 is 2.55 bits per heavy atom. The summed E-state index contributed by atoms with van der Waals surface area (Å²) in [5.41, 5.74) is 2.94. The average Bonchev–Trinajstić information content (AvgIpc) is 3.50. The quantitative estimate of drug-likeness (QED) is 0.443. The fourth-order valence-electron chi connectivity index (χ4n) is 3.09. The zero-order valence-corrected chi connectivity index (χ0v) is 17.9. The lowest BCUT2D eigenvalue weighted by Gasteiger charge is -2.22. The summed E-state index contributed by atoms with van der Waals surface area (Å²) in [5.74, 6) is 0.818. The van der Waals surface area contributed by atoms with Crippen molar-refractivity contribution >= 4 is 34.0 Å². The minimum absolute atomic E-state index is 0.103. The van der Waals surface area contributed by atoms with Gasteiger partial charge in [-0.15, -0.1) is 11.3 Å². The molecular weight excluding hydrogens is 414 g/mol. The Morgan fingerprint density at radius 1 is 1.06 bits per heavy atom. The van der Waals surface area contributed by atoms with Crippen LogP contribution in [0.4, 0.5) is 10.8 Å². The number of aromatic nitrogens is 1. The Morgan fingerprint density at radius 2 is 1.87 bits per heavy atom. The highest BCUT2D eigenvalue weighted by Crippen LogP contribution is 2.22. The maximum Gasteiger partial charge on any atom is 0.260 e. The van der Waals surface area contributed by atoms with E-state index in [9.17, 15) is 9.59 Å². The van der Waals surface area contributed by atoms with Crippen molar-refractivity contribution in [1.82, 2.24) is 4.98 Å². The molecule has 8 heteroatoms. The third kappa shape index (κ3) is 4.92. The van der Waals surface area contributed by atoms with Crippen LogP contribution in [0.2, 0.25) is 0 Å². The average molecular weight is 436 g/mol. The van der Waals surface area contributed by atoms with E-state index < -0.39 is 0 Å². The summed E-state index contributed by atoms with van der Waals surface area (Å²) >= 11 is 1.27. The number of amides is 2. The van der Waals surface area contributed by atoms with Gasteiger partial charge in [-0.1, -0.05) is 17.7 Å². The standard InChI is InChI=1S/C23H21N3O4S/c1-15-5-7-18(8-6-15)26(13-19-4-3-10-30-19)21(27)12-17-14-31-23(24-17)25-22(28)20-9-11-29-16(20)2/h3-11,14H,12-13H2,1-2H3,(H,24,25,28). The highest BCUT2D eigenvalue weighted by atomic mass is 32.1. The van der Waals surface area contributed by atoms with Crippen LogP contribution in [0.1, 0.15) is 33.1 Å². The van der Waals surface area contributed by atoms with Crippen LogP contribution in [0, 0.1) is 13.8 Å². The van der Waals surface area contributed by atoms with E-state index in [2.05, 4.69) is 10.3 Å². The lowest BCUT2D eigenvalue weighted by atomic mass is 10.2. The van der Waals surface area contributed by atoms with E-state index in [4.69, 9.17) is 8.83 Å². The van der Waals surface area contributed by atoms with E-state index in [1.807, 2.05) is 37.3 Å². The number of carbonyl (C=O) groups excluding carboxylic acids is 2. The summed E-state index contributed by atoms with van der Waals surface area (Å²) in [4.78, 5) is 31.5. The van der Waals surface area contributed by atoms with Gasteiger partial charge in [-0.05, 0) is 44.2 Å². The maximum atomic E-state index is 13.1. The molecule has 0 aliphatic carbocycles. The van der Waals surface area contributed by atoms with Crippen LogP contribution >= 0.6 is 11.3 Å². The first-order valence-electron chi connectivity index (χ1n) is 9.69. The van der Waals surface area contributed by atoms with Gasteiger partial charge in [0, 0.05) is 11.1 Å². The van der Waals surface area contributed by atoms with Gasteiger partial charge >= 0.3 is 0 Å². The third-order valence-electron chi connectivity index (χ3n) is 4.75. The largest absolute Gasteiger partial charge is 0.469 e. The number of aryl methyl sites for hydroxylation is 2. The van der Waals surface area contributed by atoms with Crippen molar-refractivity contribution in [2.45, 2.75) is 26.8 Å². The molecule has 4 rings (SSSR count). The van der Waals surface area contributed by atoms with Gasteiger partial charge in [-0.3, -0.25) is 14.9 Å². The summed E-state index contributed by atoms with van der Waals surface area (Å²) in [5, 5.41) is 4.96. The van der Waals surface area contributed by atoms with Crippen molar-refractivity contribution in [3.05, 3.63) is 88.7 Å². The maximum absolute atomic E-state index is 13.1. The van der Waals surface area contributed by atoms with Gasteiger partial charge in [-0.2, -0.15) is 0 Å². The number of nitrogens with zero attached hydrogens (tertiary/aromatic N) is 2. The SMILES string of the molecule is Cc1ccc(N(Cc2ccco2)C(=O)Cc2csc(NC(=O)c3ccoc3C)n2)cc1. The molecule has 0 saturated carbocycles.